The molecule has 0 aliphatic heterocycles. The van der Waals surface area contributed by atoms with E-state index in [1.807, 2.05) is 30.5 Å². The number of carbonyl (C=O) groups is 1. The second kappa shape index (κ2) is 5.76. The third-order valence-corrected chi connectivity index (χ3v) is 4.39. The van der Waals surface area contributed by atoms with Crippen LogP contribution >= 0.6 is 11.8 Å². The zero-order valence-corrected chi connectivity index (χ0v) is 11.4. The fourth-order valence-corrected chi connectivity index (χ4v) is 3.11. The lowest BCUT2D eigenvalue weighted by Gasteiger charge is -2.28. The lowest BCUT2D eigenvalue weighted by molar-refractivity contribution is 0.0835. The molecule has 1 amide bonds. The van der Waals surface area contributed by atoms with E-state index in [1.54, 1.807) is 11.8 Å². The molecule has 2 N–H and O–H groups in total. The first-order valence-corrected chi connectivity index (χ1v) is 7.50. The fraction of sp³-hybridized carbons (Fsp3) is 0.500. The number of hydrogen-bond donors (Lipinski definition) is 2. The van der Waals surface area contributed by atoms with E-state index in [9.17, 15) is 9.90 Å². The molecule has 0 atom stereocenters. The maximum absolute atomic E-state index is 12.3. The highest BCUT2D eigenvalue weighted by Crippen LogP contribution is 2.30. The first-order chi connectivity index (χ1) is 8.71. The second-order valence-corrected chi connectivity index (χ2v) is 5.65. The van der Waals surface area contributed by atoms with Gasteiger partial charge in [0.15, 0.2) is 0 Å². The summed E-state index contributed by atoms with van der Waals surface area (Å²) in [7, 11) is 0. The van der Waals surface area contributed by atoms with Crippen LogP contribution in [0.25, 0.3) is 0 Å². The summed E-state index contributed by atoms with van der Waals surface area (Å²) in [6, 6.07) is 7.58. The quantitative estimate of drug-likeness (QED) is 0.822. The van der Waals surface area contributed by atoms with Crippen LogP contribution in [0, 0.1) is 0 Å². The maximum atomic E-state index is 12.3. The smallest absolute Gasteiger partial charge is 0.252 e. The van der Waals surface area contributed by atoms with Crippen LogP contribution in [0.15, 0.2) is 29.2 Å². The summed E-state index contributed by atoms with van der Waals surface area (Å²) in [5, 5.41) is 12.5. The van der Waals surface area contributed by atoms with Crippen molar-refractivity contribution in [1.82, 2.24) is 5.32 Å². The fourth-order valence-electron chi connectivity index (χ4n) is 2.51. The molecule has 1 aliphatic carbocycles. The monoisotopic (exact) mass is 265 g/mol. The van der Waals surface area contributed by atoms with Crippen molar-refractivity contribution in [2.75, 3.05) is 12.9 Å². The number of nitrogens with one attached hydrogen (secondary N) is 1. The zero-order valence-electron chi connectivity index (χ0n) is 10.6. The van der Waals surface area contributed by atoms with E-state index in [-0.39, 0.29) is 12.5 Å². The molecule has 0 spiro atoms. The van der Waals surface area contributed by atoms with Gasteiger partial charge in [-0.05, 0) is 31.2 Å². The lowest BCUT2D eigenvalue weighted by Crippen LogP contribution is -2.49. The standard InChI is InChI=1S/C14H19NO2S/c1-18-12-7-3-2-6-11(12)13(17)15-14(10-16)8-4-5-9-14/h2-3,6-7,16H,4-5,8-10H2,1H3,(H,15,17). The molecule has 1 saturated carbocycles. The van der Waals surface area contributed by atoms with E-state index in [0.29, 0.717) is 5.56 Å². The summed E-state index contributed by atoms with van der Waals surface area (Å²) in [6.45, 7) is 0.0280. The molecule has 1 fully saturated rings. The summed E-state index contributed by atoms with van der Waals surface area (Å²) in [6.07, 6.45) is 5.85. The maximum Gasteiger partial charge on any atom is 0.252 e. The predicted molar refractivity (Wildman–Crippen MR) is 74.0 cm³/mol. The average molecular weight is 265 g/mol. The number of thioether (sulfide) groups is 1. The molecule has 98 valence electrons. The molecule has 1 aliphatic rings. The number of aliphatic hydroxyl groups is 1. The number of amides is 1. The number of rotatable bonds is 4. The SMILES string of the molecule is CSc1ccccc1C(=O)NC1(CO)CCCC1. The van der Waals surface area contributed by atoms with Gasteiger partial charge in [-0.3, -0.25) is 4.79 Å². The number of aliphatic hydroxyl groups excluding tert-OH is 1. The molecule has 0 saturated heterocycles. The number of benzene rings is 1. The molecule has 1 aromatic carbocycles. The van der Waals surface area contributed by atoms with Crippen molar-refractivity contribution in [3.8, 4) is 0 Å². The molecule has 2 rings (SSSR count). The van der Waals surface area contributed by atoms with Crippen LogP contribution in [0.5, 0.6) is 0 Å². The molecule has 0 unspecified atom stereocenters. The van der Waals surface area contributed by atoms with Crippen molar-refractivity contribution in [1.29, 1.82) is 0 Å². The van der Waals surface area contributed by atoms with Crippen LogP contribution in [-0.4, -0.2) is 29.4 Å². The summed E-state index contributed by atoms with van der Waals surface area (Å²) in [5.74, 6) is -0.0732. The Kier molecular flexibility index (Phi) is 4.30. The second-order valence-electron chi connectivity index (χ2n) is 4.80. The van der Waals surface area contributed by atoms with Crippen LogP contribution in [0.3, 0.4) is 0 Å². The van der Waals surface area contributed by atoms with E-state index < -0.39 is 5.54 Å². The Morgan fingerprint density at radius 1 is 1.39 bits per heavy atom. The van der Waals surface area contributed by atoms with Gasteiger partial charge >= 0.3 is 0 Å². The van der Waals surface area contributed by atoms with E-state index >= 15 is 0 Å². The Morgan fingerprint density at radius 2 is 2.06 bits per heavy atom. The van der Waals surface area contributed by atoms with Gasteiger partial charge in [-0.15, -0.1) is 11.8 Å². The highest BCUT2D eigenvalue weighted by Gasteiger charge is 2.35. The van der Waals surface area contributed by atoms with Gasteiger partial charge in [-0.25, -0.2) is 0 Å². The van der Waals surface area contributed by atoms with Gasteiger partial charge in [0.1, 0.15) is 0 Å². The number of hydrogen-bond acceptors (Lipinski definition) is 3. The molecule has 0 aromatic heterocycles. The molecule has 3 nitrogen and oxygen atoms in total. The summed E-state index contributed by atoms with van der Waals surface area (Å²) in [5.41, 5.74) is 0.299. The van der Waals surface area contributed by atoms with Gasteiger partial charge < -0.3 is 10.4 Å². The van der Waals surface area contributed by atoms with Gasteiger partial charge in [0.25, 0.3) is 5.91 Å². The van der Waals surface area contributed by atoms with E-state index in [2.05, 4.69) is 5.32 Å². The predicted octanol–water partition coefficient (Wildman–Crippen LogP) is 2.44. The molecule has 0 heterocycles. The Morgan fingerprint density at radius 3 is 2.67 bits per heavy atom. The molecular weight excluding hydrogens is 246 g/mol. The van der Waals surface area contributed by atoms with Crippen LogP contribution in [0.2, 0.25) is 0 Å². The first kappa shape index (κ1) is 13.4. The molecule has 0 radical (unpaired) electrons. The summed E-state index contributed by atoms with van der Waals surface area (Å²) < 4.78 is 0. The minimum Gasteiger partial charge on any atom is -0.394 e. The van der Waals surface area contributed by atoms with E-state index in [0.717, 1.165) is 30.6 Å². The summed E-state index contributed by atoms with van der Waals surface area (Å²) >= 11 is 1.56. The van der Waals surface area contributed by atoms with Crippen molar-refractivity contribution < 1.29 is 9.90 Å². The first-order valence-electron chi connectivity index (χ1n) is 6.27. The van der Waals surface area contributed by atoms with Crippen molar-refractivity contribution >= 4 is 17.7 Å². The highest BCUT2D eigenvalue weighted by molar-refractivity contribution is 7.98. The van der Waals surface area contributed by atoms with E-state index in [1.165, 1.54) is 0 Å². The summed E-state index contributed by atoms with van der Waals surface area (Å²) in [4.78, 5) is 13.3. The van der Waals surface area contributed by atoms with Gasteiger partial charge in [-0.2, -0.15) is 0 Å². The lowest BCUT2D eigenvalue weighted by atomic mass is 9.98. The third kappa shape index (κ3) is 2.70. The molecule has 4 heteroatoms. The van der Waals surface area contributed by atoms with Gasteiger partial charge in [0, 0.05) is 4.90 Å². The van der Waals surface area contributed by atoms with Crippen LogP contribution in [-0.2, 0) is 0 Å². The highest BCUT2D eigenvalue weighted by atomic mass is 32.2. The van der Waals surface area contributed by atoms with Gasteiger partial charge in [0.2, 0.25) is 0 Å². The molecule has 18 heavy (non-hydrogen) atoms. The van der Waals surface area contributed by atoms with Gasteiger partial charge in [-0.1, -0.05) is 25.0 Å². The van der Waals surface area contributed by atoms with Crippen LogP contribution < -0.4 is 5.32 Å². The van der Waals surface area contributed by atoms with Gasteiger partial charge in [0.05, 0.1) is 17.7 Å². The Hall–Kier alpha value is -1.00. The van der Waals surface area contributed by atoms with Crippen LogP contribution in [0.4, 0.5) is 0 Å². The molecule has 1 aromatic rings. The largest absolute Gasteiger partial charge is 0.394 e. The Bertz CT molecular complexity index is 428. The van der Waals surface area contributed by atoms with Crippen molar-refractivity contribution in [3.05, 3.63) is 29.8 Å². The minimum absolute atomic E-state index is 0.0280. The molecule has 0 bridgehead atoms. The average Bonchev–Trinajstić information content (AvgIpc) is 2.87. The van der Waals surface area contributed by atoms with E-state index in [4.69, 9.17) is 0 Å². The molecular formula is C14H19NO2S. The van der Waals surface area contributed by atoms with Crippen LogP contribution in [0.1, 0.15) is 36.0 Å². The topological polar surface area (TPSA) is 49.3 Å². The zero-order chi connectivity index (χ0) is 13.0. The number of carbonyl (C=O) groups excluding carboxylic acids is 1. The Balaban J connectivity index is 2.16. The normalized spacial score (nSPS) is 17.7. The van der Waals surface area contributed by atoms with Crippen molar-refractivity contribution in [2.45, 2.75) is 36.1 Å². The Labute approximate surface area is 112 Å². The van der Waals surface area contributed by atoms with Crippen molar-refractivity contribution in [3.63, 3.8) is 0 Å². The van der Waals surface area contributed by atoms with Crippen molar-refractivity contribution in [2.24, 2.45) is 0 Å². The third-order valence-electron chi connectivity index (χ3n) is 3.59. The minimum atomic E-state index is -0.400.